The minimum Gasteiger partial charge on any atom is -0.342 e. The van der Waals surface area contributed by atoms with E-state index in [1.807, 2.05) is 48.3 Å². The molecule has 2 aromatic rings. The summed E-state index contributed by atoms with van der Waals surface area (Å²) in [6, 6.07) is 21.1. The van der Waals surface area contributed by atoms with Crippen molar-refractivity contribution in [3.63, 3.8) is 0 Å². The molecule has 0 spiro atoms. The molecule has 0 atom stereocenters. The van der Waals surface area contributed by atoms with Crippen LogP contribution >= 0.6 is 0 Å². The molecule has 0 aromatic heterocycles. The highest BCUT2D eigenvalue weighted by Crippen LogP contribution is 2.23. The van der Waals surface area contributed by atoms with E-state index >= 15 is 0 Å². The Morgan fingerprint density at radius 2 is 1.48 bits per heavy atom. The summed E-state index contributed by atoms with van der Waals surface area (Å²) in [5.74, 6) is 0.184. The molecule has 0 unspecified atom stereocenters. The zero-order valence-corrected chi connectivity index (χ0v) is 15.0. The molecule has 25 heavy (non-hydrogen) atoms. The van der Waals surface area contributed by atoms with E-state index in [0.29, 0.717) is 12.6 Å². The van der Waals surface area contributed by atoms with Crippen molar-refractivity contribution in [3.8, 4) is 0 Å². The standard InChI is InChI=1S/C22H28N2O/c1-24(20-15-9-4-10-16-20)21(25)17-23-22(18-11-5-2-6-12-18)19-13-7-3-8-14-19/h2-3,5-8,11-14,20,22-23H,4,9-10,15-17H2,1H3. The van der Waals surface area contributed by atoms with Crippen molar-refractivity contribution in [1.29, 1.82) is 0 Å². The third-order valence-electron chi connectivity index (χ3n) is 5.24. The number of likely N-dealkylation sites (N-methyl/N-ethyl adjacent to an activating group) is 1. The Bertz CT molecular complexity index is 611. The van der Waals surface area contributed by atoms with Crippen LogP contribution in [0, 0.1) is 0 Å². The molecule has 132 valence electrons. The van der Waals surface area contributed by atoms with Crippen molar-refractivity contribution in [2.24, 2.45) is 0 Å². The minimum absolute atomic E-state index is 0.0334. The van der Waals surface area contributed by atoms with E-state index in [0.717, 1.165) is 12.8 Å². The number of amides is 1. The number of benzene rings is 2. The first kappa shape index (κ1) is 17.7. The highest BCUT2D eigenvalue weighted by Gasteiger charge is 2.23. The fourth-order valence-corrected chi connectivity index (χ4v) is 3.71. The number of carbonyl (C=O) groups is 1. The first-order valence-electron chi connectivity index (χ1n) is 9.34. The molecule has 0 radical (unpaired) electrons. The smallest absolute Gasteiger partial charge is 0.236 e. The van der Waals surface area contributed by atoms with E-state index in [4.69, 9.17) is 0 Å². The molecule has 1 N–H and O–H groups in total. The topological polar surface area (TPSA) is 32.3 Å². The average Bonchev–Trinajstić information content (AvgIpc) is 2.70. The van der Waals surface area contributed by atoms with E-state index < -0.39 is 0 Å². The van der Waals surface area contributed by atoms with Gasteiger partial charge in [-0.05, 0) is 24.0 Å². The number of rotatable bonds is 6. The highest BCUT2D eigenvalue weighted by molar-refractivity contribution is 5.78. The Morgan fingerprint density at radius 3 is 2.00 bits per heavy atom. The lowest BCUT2D eigenvalue weighted by atomic mass is 9.94. The van der Waals surface area contributed by atoms with Crippen molar-refractivity contribution in [2.75, 3.05) is 13.6 Å². The van der Waals surface area contributed by atoms with E-state index in [1.54, 1.807) is 0 Å². The van der Waals surface area contributed by atoms with Gasteiger partial charge in [-0.3, -0.25) is 10.1 Å². The summed E-state index contributed by atoms with van der Waals surface area (Å²) >= 11 is 0. The van der Waals surface area contributed by atoms with Crippen LogP contribution in [0.25, 0.3) is 0 Å². The van der Waals surface area contributed by atoms with Crippen LogP contribution in [0.1, 0.15) is 49.3 Å². The number of hydrogen-bond acceptors (Lipinski definition) is 2. The molecule has 1 fully saturated rings. The van der Waals surface area contributed by atoms with Gasteiger partial charge >= 0.3 is 0 Å². The highest BCUT2D eigenvalue weighted by atomic mass is 16.2. The van der Waals surface area contributed by atoms with Crippen LogP contribution < -0.4 is 5.32 Å². The van der Waals surface area contributed by atoms with Crippen LogP contribution in [0.3, 0.4) is 0 Å². The SMILES string of the molecule is CN(C(=O)CNC(c1ccccc1)c1ccccc1)C1CCCCC1. The Labute approximate surface area is 151 Å². The van der Waals surface area contributed by atoms with Gasteiger partial charge in [-0.25, -0.2) is 0 Å². The van der Waals surface area contributed by atoms with Crippen LogP contribution in [0.2, 0.25) is 0 Å². The van der Waals surface area contributed by atoms with E-state index in [1.165, 1.54) is 30.4 Å². The van der Waals surface area contributed by atoms with Gasteiger partial charge in [0.25, 0.3) is 0 Å². The van der Waals surface area contributed by atoms with Crippen molar-refractivity contribution < 1.29 is 4.79 Å². The summed E-state index contributed by atoms with van der Waals surface area (Å²) in [6.07, 6.45) is 6.08. The largest absolute Gasteiger partial charge is 0.342 e. The van der Waals surface area contributed by atoms with Crippen LogP contribution in [-0.4, -0.2) is 30.4 Å². The average molecular weight is 336 g/mol. The number of hydrogen-bond donors (Lipinski definition) is 1. The maximum atomic E-state index is 12.7. The van der Waals surface area contributed by atoms with Crippen LogP contribution in [0.5, 0.6) is 0 Å². The molecule has 0 saturated heterocycles. The number of nitrogens with zero attached hydrogens (tertiary/aromatic N) is 1. The summed E-state index contributed by atoms with van der Waals surface area (Å²) in [4.78, 5) is 14.6. The normalized spacial score (nSPS) is 15.3. The van der Waals surface area contributed by atoms with Crippen molar-refractivity contribution in [1.82, 2.24) is 10.2 Å². The van der Waals surface area contributed by atoms with Gasteiger partial charge in [-0.1, -0.05) is 79.9 Å². The van der Waals surface area contributed by atoms with Gasteiger partial charge in [0.2, 0.25) is 5.91 Å². The van der Waals surface area contributed by atoms with Gasteiger partial charge in [0.15, 0.2) is 0 Å². The molecule has 1 aliphatic carbocycles. The second-order valence-electron chi connectivity index (χ2n) is 6.93. The molecule has 1 amide bonds. The molecular formula is C22H28N2O. The molecule has 0 bridgehead atoms. The molecule has 1 saturated carbocycles. The molecule has 2 aromatic carbocycles. The minimum atomic E-state index is 0.0334. The second-order valence-corrected chi connectivity index (χ2v) is 6.93. The lowest BCUT2D eigenvalue weighted by molar-refractivity contribution is -0.131. The molecule has 0 aliphatic heterocycles. The maximum absolute atomic E-state index is 12.7. The van der Waals surface area contributed by atoms with Crippen molar-refractivity contribution >= 4 is 5.91 Å². The third-order valence-corrected chi connectivity index (χ3v) is 5.24. The summed E-state index contributed by atoms with van der Waals surface area (Å²) in [7, 11) is 1.96. The Kier molecular flexibility index (Phi) is 6.24. The summed E-state index contributed by atoms with van der Waals surface area (Å²) in [5.41, 5.74) is 2.36. The van der Waals surface area contributed by atoms with Crippen LogP contribution in [0.15, 0.2) is 60.7 Å². The van der Waals surface area contributed by atoms with Gasteiger partial charge < -0.3 is 4.90 Å². The fraction of sp³-hybridized carbons (Fsp3) is 0.409. The van der Waals surface area contributed by atoms with Gasteiger partial charge in [0, 0.05) is 13.1 Å². The van der Waals surface area contributed by atoms with Gasteiger partial charge in [0.05, 0.1) is 12.6 Å². The lowest BCUT2D eigenvalue weighted by Gasteiger charge is -2.32. The van der Waals surface area contributed by atoms with Crippen molar-refractivity contribution in [3.05, 3.63) is 71.8 Å². The summed E-state index contributed by atoms with van der Waals surface area (Å²) < 4.78 is 0. The quantitative estimate of drug-likeness (QED) is 0.859. The zero-order chi connectivity index (χ0) is 17.5. The zero-order valence-electron chi connectivity index (χ0n) is 15.0. The predicted octanol–water partition coefficient (Wildman–Crippen LogP) is 4.16. The molecule has 0 heterocycles. The van der Waals surface area contributed by atoms with Gasteiger partial charge in [0.1, 0.15) is 0 Å². The molecule has 1 aliphatic rings. The van der Waals surface area contributed by atoms with Crippen LogP contribution in [0.4, 0.5) is 0 Å². The molecule has 3 heteroatoms. The summed E-state index contributed by atoms with van der Waals surface area (Å²) in [5, 5.41) is 3.48. The van der Waals surface area contributed by atoms with Crippen LogP contribution in [-0.2, 0) is 4.79 Å². The second kappa shape index (κ2) is 8.82. The van der Waals surface area contributed by atoms with Gasteiger partial charge in [-0.2, -0.15) is 0 Å². The Balaban J connectivity index is 1.67. The maximum Gasteiger partial charge on any atom is 0.236 e. The molecular weight excluding hydrogens is 308 g/mol. The predicted molar refractivity (Wildman–Crippen MR) is 102 cm³/mol. The van der Waals surface area contributed by atoms with E-state index in [-0.39, 0.29) is 11.9 Å². The monoisotopic (exact) mass is 336 g/mol. The Morgan fingerprint density at radius 1 is 0.960 bits per heavy atom. The first-order chi connectivity index (χ1) is 12.3. The number of nitrogens with one attached hydrogen (secondary N) is 1. The van der Waals surface area contributed by atoms with E-state index in [9.17, 15) is 4.79 Å². The molecule has 3 rings (SSSR count). The molecule has 3 nitrogen and oxygen atoms in total. The first-order valence-corrected chi connectivity index (χ1v) is 9.34. The summed E-state index contributed by atoms with van der Waals surface area (Å²) in [6.45, 7) is 0.363. The van der Waals surface area contributed by atoms with E-state index in [2.05, 4.69) is 29.6 Å². The Hall–Kier alpha value is -2.13. The number of carbonyl (C=O) groups excluding carboxylic acids is 1. The lowest BCUT2D eigenvalue weighted by Crippen LogP contribution is -2.43. The van der Waals surface area contributed by atoms with Gasteiger partial charge in [-0.15, -0.1) is 0 Å². The van der Waals surface area contributed by atoms with Crippen molar-refractivity contribution in [2.45, 2.75) is 44.2 Å². The third kappa shape index (κ3) is 4.70. The fourth-order valence-electron chi connectivity index (χ4n) is 3.71.